The first-order valence-corrected chi connectivity index (χ1v) is 7.80. The van der Waals surface area contributed by atoms with Gasteiger partial charge in [0, 0.05) is 23.5 Å². The van der Waals surface area contributed by atoms with Crippen LogP contribution in [0.4, 0.5) is 11.4 Å². The molecule has 0 aliphatic carbocycles. The number of phenols is 1. The Morgan fingerprint density at radius 2 is 2.00 bits per heavy atom. The number of aromatic hydroxyl groups is 1. The zero-order valence-electron chi connectivity index (χ0n) is 13.6. The molecule has 5 N–H and O–H groups in total. The summed E-state index contributed by atoms with van der Waals surface area (Å²) >= 11 is 0. The van der Waals surface area contributed by atoms with Gasteiger partial charge in [-0.25, -0.2) is 5.43 Å². The lowest BCUT2D eigenvalue weighted by Gasteiger charge is -2.20. The highest BCUT2D eigenvalue weighted by atomic mass is 16.3. The number of anilines is 2. The molecule has 0 aromatic heterocycles. The van der Waals surface area contributed by atoms with Crippen molar-refractivity contribution in [1.29, 1.82) is 0 Å². The number of carbonyl (C=O) groups is 2. The predicted octanol–water partition coefficient (Wildman–Crippen LogP) is 2.09. The van der Waals surface area contributed by atoms with Crippen molar-refractivity contribution in [2.45, 2.75) is 13.3 Å². The van der Waals surface area contributed by atoms with Crippen LogP contribution >= 0.6 is 0 Å². The summed E-state index contributed by atoms with van der Waals surface area (Å²) in [5, 5.41) is 16.1. The highest BCUT2D eigenvalue weighted by Crippen LogP contribution is 2.24. The second kappa shape index (κ2) is 6.64. The maximum Gasteiger partial charge on any atom is 0.255 e. The molecule has 1 aliphatic rings. The molecule has 128 valence electrons. The van der Waals surface area contributed by atoms with Gasteiger partial charge in [-0.2, -0.15) is 5.10 Å². The summed E-state index contributed by atoms with van der Waals surface area (Å²) in [4.78, 5) is 23.6. The Labute approximate surface area is 144 Å². The monoisotopic (exact) mass is 338 g/mol. The summed E-state index contributed by atoms with van der Waals surface area (Å²) in [6, 6.07) is 11.2. The van der Waals surface area contributed by atoms with Crippen LogP contribution in [-0.4, -0.2) is 22.6 Å². The molecule has 1 atom stereocenters. The van der Waals surface area contributed by atoms with Crippen LogP contribution in [-0.2, 0) is 4.79 Å². The topological polar surface area (TPSA) is 117 Å². The van der Waals surface area contributed by atoms with E-state index in [0.717, 1.165) is 11.3 Å². The highest BCUT2D eigenvalue weighted by molar-refractivity contribution is 6.08. The van der Waals surface area contributed by atoms with E-state index in [1.807, 2.05) is 6.92 Å². The van der Waals surface area contributed by atoms with Crippen molar-refractivity contribution >= 4 is 28.9 Å². The van der Waals surface area contributed by atoms with Crippen molar-refractivity contribution in [3.63, 3.8) is 0 Å². The quantitative estimate of drug-likeness (QED) is 0.641. The second-order valence-electron chi connectivity index (χ2n) is 5.94. The number of carbonyl (C=O) groups excluding carboxylic acids is 2. The van der Waals surface area contributed by atoms with Gasteiger partial charge in [0.2, 0.25) is 5.91 Å². The largest absolute Gasteiger partial charge is 0.508 e. The summed E-state index contributed by atoms with van der Waals surface area (Å²) in [7, 11) is 0. The fraction of sp³-hybridized carbons (Fsp3) is 0.167. The minimum Gasteiger partial charge on any atom is -0.508 e. The number of benzene rings is 2. The van der Waals surface area contributed by atoms with Crippen molar-refractivity contribution in [3.05, 3.63) is 53.6 Å². The Hall–Kier alpha value is -3.35. The maximum absolute atomic E-state index is 12.2. The molecule has 3 rings (SSSR count). The molecule has 0 saturated carbocycles. The van der Waals surface area contributed by atoms with Gasteiger partial charge in [0.1, 0.15) is 5.75 Å². The lowest BCUT2D eigenvalue weighted by atomic mass is 9.93. The van der Waals surface area contributed by atoms with Crippen LogP contribution in [0.3, 0.4) is 0 Å². The molecule has 7 nitrogen and oxygen atoms in total. The molecule has 0 spiro atoms. The minimum absolute atomic E-state index is 0.00872. The number of phenolic OH excluding ortho intramolecular Hbond substituents is 1. The molecule has 25 heavy (non-hydrogen) atoms. The molecule has 0 radical (unpaired) electrons. The van der Waals surface area contributed by atoms with Crippen LogP contribution < -0.4 is 16.5 Å². The number of nitrogens with zero attached hydrogens (tertiary/aromatic N) is 1. The molecule has 1 heterocycles. The van der Waals surface area contributed by atoms with Gasteiger partial charge in [0.25, 0.3) is 5.91 Å². The van der Waals surface area contributed by atoms with Gasteiger partial charge in [0.15, 0.2) is 0 Å². The normalized spacial score (nSPS) is 16.8. The number of hydrazone groups is 1. The lowest BCUT2D eigenvalue weighted by Crippen LogP contribution is -2.32. The van der Waals surface area contributed by atoms with Gasteiger partial charge >= 0.3 is 0 Å². The van der Waals surface area contributed by atoms with E-state index in [2.05, 4.69) is 15.8 Å². The van der Waals surface area contributed by atoms with Crippen LogP contribution in [0.1, 0.15) is 29.3 Å². The highest BCUT2D eigenvalue weighted by Gasteiger charge is 2.22. The van der Waals surface area contributed by atoms with E-state index >= 15 is 0 Å². The number of amides is 2. The minimum atomic E-state index is -0.324. The molecule has 1 unspecified atom stereocenters. The number of hydrogen-bond acceptors (Lipinski definition) is 5. The number of nitrogens with one attached hydrogen (secondary N) is 2. The van der Waals surface area contributed by atoms with Gasteiger partial charge in [-0.1, -0.05) is 13.0 Å². The number of nitrogen functional groups attached to an aromatic ring is 1. The summed E-state index contributed by atoms with van der Waals surface area (Å²) < 4.78 is 0. The number of nitrogens with two attached hydrogens (primary N) is 1. The first-order valence-electron chi connectivity index (χ1n) is 7.80. The zero-order valence-corrected chi connectivity index (χ0v) is 13.6. The van der Waals surface area contributed by atoms with Gasteiger partial charge in [0.05, 0.1) is 17.1 Å². The third-order valence-electron chi connectivity index (χ3n) is 3.98. The van der Waals surface area contributed by atoms with Crippen molar-refractivity contribution < 1.29 is 14.7 Å². The Kier molecular flexibility index (Phi) is 4.38. The Morgan fingerprint density at radius 1 is 1.28 bits per heavy atom. The maximum atomic E-state index is 12.2. The molecule has 0 bridgehead atoms. The molecular formula is C18H18N4O3. The van der Waals surface area contributed by atoms with E-state index in [-0.39, 0.29) is 23.5 Å². The smallest absolute Gasteiger partial charge is 0.255 e. The molecule has 0 saturated heterocycles. The molecule has 2 aromatic carbocycles. The average molecular weight is 338 g/mol. The van der Waals surface area contributed by atoms with Crippen LogP contribution in [0, 0.1) is 5.92 Å². The average Bonchev–Trinajstić information content (AvgIpc) is 2.57. The summed E-state index contributed by atoms with van der Waals surface area (Å²) in [6.45, 7) is 1.92. The van der Waals surface area contributed by atoms with E-state index in [1.165, 1.54) is 24.3 Å². The fourth-order valence-corrected chi connectivity index (χ4v) is 2.65. The van der Waals surface area contributed by atoms with Crippen LogP contribution in [0.5, 0.6) is 5.75 Å². The first kappa shape index (κ1) is 16.5. The standard InChI is InChI=1S/C18H18N4O3/c1-10-8-16(24)21-22-17(10)12-4-7-15(14(19)9-12)20-18(25)11-2-5-13(23)6-3-11/h2-7,9-10,23H,8,19H2,1H3,(H,20,25)(H,21,24). The second-order valence-corrected chi connectivity index (χ2v) is 5.94. The van der Waals surface area contributed by atoms with Gasteiger partial charge in [-0.05, 0) is 36.4 Å². The zero-order chi connectivity index (χ0) is 18.0. The van der Waals surface area contributed by atoms with E-state index < -0.39 is 0 Å². The van der Waals surface area contributed by atoms with Crippen molar-refractivity contribution in [2.75, 3.05) is 11.1 Å². The Bertz CT molecular complexity index is 859. The summed E-state index contributed by atoms with van der Waals surface area (Å²) in [6.07, 6.45) is 0.373. The lowest BCUT2D eigenvalue weighted by molar-refractivity contribution is -0.121. The Morgan fingerprint density at radius 3 is 2.64 bits per heavy atom. The van der Waals surface area contributed by atoms with Gasteiger partial charge in [-0.3, -0.25) is 9.59 Å². The molecule has 0 fully saturated rings. The summed E-state index contributed by atoms with van der Waals surface area (Å²) in [5.41, 5.74) is 11.4. The van der Waals surface area contributed by atoms with Crippen molar-refractivity contribution in [1.82, 2.24) is 5.43 Å². The van der Waals surface area contributed by atoms with Gasteiger partial charge in [-0.15, -0.1) is 0 Å². The Balaban J connectivity index is 1.79. The van der Waals surface area contributed by atoms with E-state index in [4.69, 9.17) is 5.73 Å². The number of hydrogen-bond donors (Lipinski definition) is 4. The van der Waals surface area contributed by atoms with E-state index in [1.54, 1.807) is 18.2 Å². The molecule has 2 amide bonds. The molecule has 1 aliphatic heterocycles. The fourth-order valence-electron chi connectivity index (χ4n) is 2.65. The molecule has 2 aromatic rings. The van der Waals surface area contributed by atoms with Crippen LogP contribution in [0.2, 0.25) is 0 Å². The third kappa shape index (κ3) is 3.60. The van der Waals surface area contributed by atoms with E-state index in [0.29, 0.717) is 23.4 Å². The van der Waals surface area contributed by atoms with Crippen LogP contribution in [0.25, 0.3) is 0 Å². The molecule has 7 heteroatoms. The molecular weight excluding hydrogens is 320 g/mol. The predicted molar refractivity (Wildman–Crippen MR) is 95.4 cm³/mol. The summed E-state index contributed by atoms with van der Waals surface area (Å²) in [5.74, 6) is -0.349. The van der Waals surface area contributed by atoms with Crippen LogP contribution in [0.15, 0.2) is 47.6 Å². The third-order valence-corrected chi connectivity index (χ3v) is 3.98. The van der Waals surface area contributed by atoms with Gasteiger partial charge < -0.3 is 16.2 Å². The SMILES string of the molecule is CC1CC(=O)NN=C1c1ccc(NC(=O)c2ccc(O)cc2)c(N)c1. The van der Waals surface area contributed by atoms with E-state index in [9.17, 15) is 14.7 Å². The van der Waals surface area contributed by atoms with Crippen molar-refractivity contribution in [2.24, 2.45) is 11.0 Å². The first-order chi connectivity index (χ1) is 11.9. The number of rotatable bonds is 3. The van der Waals surface area contributed by atoms with Crippen molar-refractivity contribution in [3.8, 4) is 5.75 Å².